The van der Waals surface area contributed by atoms with Gasteiger partial charge in [-0.3, -0.25) is 14.4 Å². The minimum Gasteiger partial charge on any atom is -0.481 e. The molecule has 0 aliphatic rings. The Morgan fingerprint density at radius 1 is 0.350 bits per heavy atom. The fourth-order valence-electron chi connectivity index (χ4n) is 6.16. The van der Waals surface area contributed by atoms with Crippen LogP contribution in [-0.2, 0) is 19.2 Å². The molecule has 0 heterocycles. The second-order valence-electron chi connectivity index (χ2n) is 16.5. The van der Waals surface area contributed by atoms with Gasteiger partial charge < -0.3 is 46.0 Å². The Bertz CT molecular complexity index is 878. The number of hydrogen-bond acceptors (Lipinski definition) is 9. The topological polar surface area (TPSA) is 250 Å². The van der Waals surface area contributed by atoms with Gasteiger partial charge in [0.05, 0.1) is 31.8 Å². The molecule has 1 atom stereocenters. The number of rotatable bonds is 41. The summed E-state index contributed by atoms with van der Waals surface area (Å²) in [5.41, 5.74) is -1.11. The summed E-state index contributed by atoms with van der Waals surface area (Å²) in [7, 11) is 0. The van der Waals surface area contributed by atoms with Crippen molar-refractivity contribution in [3.8, 4) is 0 Å². The maximum absolute atomic E-state index is 10.4. The summed E-state index contributed by atoms with van der Waals surface area (Å²) in [5.74, 6) is -3.49. The van der Waals surface area contributed by atoms with Crippen LogP contribution in [-0.4, -0.2) is 102 Å². The number of carboxylic acids is 4. The van der Waals surface area contributed by atoms with E-state index in [1.165, 1.54) is 161 Å². The highest BCUT2D eigenvalue weighted by Crippen LogP contribution is 2.16. The number of aliphatic hydroxyl groups is 5. The molecule has 360 valence electrons. The Kier molecular flexibility index (Phi) is 56.6. The molecule has 9 N–H and O–H groups in total. The van der Waals surface area contributed by atoms with Crippen LogP contribution >= 0.6 is 0 Å². The summed E-state index contributed by atoms with van der Waals surface area (Å²) in [6.45, 7) is 2.90. The third-order valence-corrected chi connectivity index (χ3v) is 10.5. The van der Waals surface area contributed by atoms with Crippen LogP contribution in [0.4, 0.5) is 0 Å². The van der Waals surface area contributed by atoms with E-state index in [1.54, 1.807) is 0 Å². The Labute approximate surface area is 364 Å². The predicted molar refractivity (Wildman–Crippen MR) is 240 cm³/mol. The zero-order valence-electron chi connectivity index (χ0n) is 38.3. The van der Waals surface area contributed by atoms with E-state index in [-0.39, 0.29) is 12.8 Å². The van der Waals surface area contributed by atoms with Gasteiger partial charge in [0.2, 0.25) is 0 Å². The number of aliphatic hydroxyl groups excluding tert-OH is 5. The fraction of sp³-hybridized carbons (Fsp3) is 0.915. The highest BCUT2D eigenvalue weighted by Gasteiger charge is 2.26. The molecule has 0 radical (unpaired) electrons. The first-order valence-corrected chi connectivity index (χ1v) is 23.8. The molecule has 0 spiro atoms. The Hall–Kier alpha value is -2.32. The summed E-state index contributed by atoms with van der Waals surface area (Å²) < 4.78 is 0. The van der Waals surface area contributed by atoms with Crippen LogP contribution < -0.4 is 0 Å². The molecule has 0 saturated heterocycles. The van der Waals surface area contributed by atoms with E-state index >= 15 is 0 Å². The molecule has 0 bridgehead atoms. The molecule has 0 aromatic rings. The molecular formula is C47H94O13. The second kappa shape index (κ2) is 52.8. The van der Waals surface area contributed by atoms with E-state index in [4.69, 9.17) is 46.0 Å². The van der Waals surface area contributed by atoms with E-state index < -0.39 is 61.8 Å². The lowest BCUT2D eigenvalue weighted by molar-refractivity contribution is -0.147. The quantitative estimate of drug-likeness (QED) is 0.0260. The van der Waals surface area contributed by atoms with E-state index in [9.17, 15) is 19.2 Å². The monoisotopic (exact) mass is 867 g/mol. The molecule has 0 aromatic heterocycles. The third-order valence-electron chi connectivity index (χ3n) is 10.5. The van der Waals surface area contributed by atoms with Crippen molar-refractivity contribution in [2.24, 2.45) is 5.41 Å². The molecule has 13 nitrogen and oxygen atoms in total. The van der Waals surface area contributed by atoms with Gasteiger partial charge in [0.15, 0.2) is 6.10 Å². The van der Waals surface area contributed by atoms with Gasteiger partial charge in [0, 0.05) is 19.3 Å². The maximum atomic E-state index is 10.4. The SMILES string of the molecule is CCCCCCCCCCCCCCCCC(O)C(=O)O.CCCCCCCCCCCCCCCCCC(=O)O.O=C(O)CCCCC(=O)O.OCC(CO)(CO)CO. The van der Waals surface area contributed by atoms with E-state index in [0.29, 0.717) is 25.7 Å². The molecule has 0 saturated carbocycles. The number of carboxylic acid groups (broad SMARTS) is 4. The summed E-state index contributed by atoms with van der Waals surface area (Å²) in [5, 5.41) is 76.4. The standard InChI is InChI=1S/C18H36O3.C18H36O2.C6H10O4.C5H12O4/c1-2-3-4-5-6-7-8-9-10-11-12-13-14-15-16-17(19)18(20)21;1-2-3-4-5-6-7-8-9-10-11-12-13-14-15-16-17-18(19)20;7-5(8)3-1-2-4-6(9)10;6-1-5(2-7,3-8)4-9/h17,19H,2-16H2,1H3,(H,20,21);2-17H2,1H3,(H,19,20);1-4H2,(H,7,8)(H,9,10);6-9H,1-4H2. The summed E-state index contributed by atoms with van der Waals surface area (Å²) in [4.78, 5) is 40.5. The van der Waals surface area contributed by atoms with Gasteiger partial charge in [-0.25, -0.2) is 4.79 Å². The van der Waals surface area contributed by atoms with E-state index in [1.807, 2.05) is 0 Å². The van der Waals surface area contributed by atoms with Crippen LogP contribution in [0.25, 0.3) is 0 Å². The van der Waals surface area contributed by atoms with Gasteiger partial charge in [0.25, 0.3) is 0 Å². The van der Waals surface area contributed by atoms with Crippen molar-refractivity contribution in [2.75, 3.05) is 26.4 Å². The first-order valence-electron chi connectivity index (χ1n) is 23.8. The van der Waals surface area contributed by atoms with Crippen LogP contribution in [0.3, 0.4) is 0 Å². The highest BCUT2D eigenvalue weighted by molar-refractivity contribution is 5.71. The summed E-state index contributed by atoms with van der Waals surface area (Å²) >= 11 is 0. The molecule has 0 fully saturated rings. The minimum atomic E-state index is -1.16. The minimum absolute atomic E-state index is 0.0628. The van der Waals surface area contributed by atoms with Crippen molar-refractivity contribution in [1.29, 1.82) is 0 Å². The molecule has 13 heteroatoms. The van der Waals surface area contributed by atoms with Crippen molar-refractivity contribution in [3.63, 3.8) is 0 Å². The summed E-state index contributed by atoms with van der Waals surface area (Å²) in [6.07, 6.45) is 38.5. The van der Waals surface area contributed by atoms with Crippen LogP contribution in [0, 0.1) is 5.41 Å². The molecule has 0 aliphatic carbocycles. The maximum Gasteiger partial charge on any atom is 0.332 e. The Balaban J connectivity index is -0.000000371. The smallest absolute Gasteiger partial charge is 0.332 e. The molecule has 0 amide bonds. The zero-order valence-corrected chi connectivity index (χ0v) is 38.3. The fourth-order valence-corrected chi connectivity index (χ4v) is 6.16. The predicted octanol–water partition coefficient (Wildman–Crippen LogP) is 10.3. The van der Waals surface area contributed by atoms with Crippen LogP contribution in [0.2, 0.25) is 0 Å². The van der Waals surface area contributed by atoms with Crippen LogP contribution in [0.5, 0.6) is 0 Å². The highest BCUT2D eigenvalue weighted by atomic mass is 16.4. The number of aliphatic carboxylic acids is 4. The average Bonchev–Trinajstić information content (AvgIpc) is 3.22. The Morgan fingerprint density at radius 3 is 0.733 bits per heavy atom. The first-order chi connectivity index (χ1) is 28.8. The Morgan fingerprint density at radius 2 is 0.550 bits per heavy atom. The molecule has 60 heavy (non-hydrogen) atoms. The van der Waals surface area contributed by atoms with Crippen molar-refractivity contribution >= 4 is 23.9 Å². The van der Waals surface area contributed by atoms with Crippen LogP contribution in [0.15, 0.2) is 0 Å². The molecule has 0 aromatic carbocycles. The molecule has 0 rings (SSSR count). The van der Waals surface area contributed by atoms with Gasteiger partial charge >= 0.3 is 23.9 Å². The van der Waals surface area contributed by atoms with Gasteiger partial charge in [-0.05, 0) is 25.7 Å². The first kappa shape index (κ1) is 64.3. The van der Waals surface area contributed by atoms with Crippen molar-refractivity contribution in [1.82, 2.24) is 0 Å². The van der Waals surface area contributed by atoms with Gasteiger partial charge in [-0.1, -0.05) is 194 Å². The lowest BCUT2D eigenvalue weighted by atomic mass is 9.93. The number of unbranched alkanes of at least 4 members (excludes halogenated alkanes) is 28. The molecule has 0 aliphatic heterocycles. The normalized spacial score (nSPS) is 11.3. The van der Waals surface area contributed by atoms with Crippen LogP contribution in [0.1, 0.15) is 239 Å². The van der Waals surface area contributed by atoms with E-state index in [0.717, 1.165) is 25.7 Å². The number of hydrogen-bond donors (Lipinski definition) is 9. The average molecular weight is 867 g/mol. The van der Waals surface area contributed by atoms with Gasteiger partial charge in [0.1, 0.15) is 0 Å². The second-order valence-corrected chi connectivity index (χ2v) is 16.5. The van der Waals surface area contributed by atoms with Crippen molar-refractivity contribution in [3.05, 3.63) is 0 Å². The number of carbonyl (C=O) groups is 4. The van der Waals surface area contributed by atoms with Crippen molar-refractivity contribution < 1.29 is 65.1 Å². The van der Waals surface area contributed by atoms with Gasteiger partial charge in [-0.15, -0.1) is 0 Å². The lowest BCUT2D eigenvalue weighted by Crippen LogP contribution is -2.37. The van der Waals surface area contributed by atoms with Gasteiger partial charge in [-0.2, -0.15) is 0 Å². The lowest BCUT2D eigenvalue weighted by Gasteiger charge is -2.23. The summed E-state index contributed by atoms with van der Waals surface area (Å²) in [6, 6.07) is 0. The molecular weight excluding hydrogens is 773 g/mol. The third kappa shape index (κ3) is 57.8. The largest absolute Gasteiger partial charge is 0.481 e. The van der Waals surface area contributed by atoms with Crippen molar-refractivity contribution in [2.45, 2.75) is 245 Å². The molecule has 1 unspecified atom stereocenters. The van der Waals surface area contributed by atoms with E-state index in [2.05, 4.69) is 13.8 Å². The zero-order chi connectivity index (χ0) is 46.0.